The Hall–Kier alpha value is -3.58. The van der Waals surface area contributed by atoms with Crippen molar-refractivity contribution in [1.82, 2.24) is 24.7 Å². The van der Waals surface area contributed by atoms with E-state index in [1.165, 1.54) is 6.07 Å². The van der Waals surface area contributed by atoms with Gasteiger partial charge in [0.05, 0.1) is 27.9 Å². The quantitative estimate of drug-likeness (QED) is 0.480. The fourth-order valence-electron chi connectivity index (χ4n) is 3.35. The summed E-state index contributed by atoms with van der Waals surface area (Å²) in [4.78, 5) is 13.4. The second-order valence-electron chi connectivity index (χ2n) is 6.54. The third-order valence-corrected chi connectivity index (χ3v) is 5.01. The maximum absolute atomic E-state index is 14.2. The number of hydrogen-bond acceptors (Lipinski definition) is 5. The zero-order valence-corrected chi connectivity index (χ0v) is 15.8. The molecule has 0 aliphatic carbocycles. The highest BCUT2D eigenvalue weighted by atomic mass is 35.5. The molecular formula is C21H14ClFN6. The summed E-state index contributed by atoms with van der Waals surface area (Å²) in [6.45, 7) is 0.231. The molecule has 6 nitrogen and oxygen atoms in total. The van der Waals surface area contributed by atoms with E-state index in [0.29, 0.717) is 38.7 Å². The summed E-state index contributed by atoms with van der Waals surface area (Å²) in [7, 11) is 0. The van der Waals surface area contributed by atoms with Gasteiger partial charge in [-0.25, -0.2) is 24.0 Å². The lowest BCUT2D eigenvalue weighted by atomic mass is 10.2. The van der Waals surface area contributed by atoms with Crippen molar-refractivity contribution in [3.05, 3.63) is 77.2 Å². The normalized spacial score (nSPS) is 11.4. The number of hydrogen-bond donors (Lipinski definition) is 1. The molecule has 0 aliphatic heterocycles. The lowest BCUT2D eigenvalue weighted by Gasteiger charge is -2.05. The van der Waals surface area contributed by atoms with Crippen molar-refractivity contribution in [2.75, 3.05) is 5.73 Å². The molecule has 29 heavy (non-hydrogen) atoms. The first-order valence-corrected chi connectivity index (χ1v) is 9.26. The van der Waals surface area contributed by atoms with Gasteiger partial charge in [0.2, 0.25) is 0 Å². The van der Waals surface area contributed by atoms with Crippen molar-refractivity contribution >= 4 is 39.4 Å². The summed E-state index contributed by atoms with van der Waals surface area (Å²) in [6.07, 6.45) is 1.67. The number of nitrogen functional groups attached to an aromatic ring is 1. The summed E-state index contributed by atoms with van der Waals surface area (Å²) in [5, 5.41) is 6.49. The van der Waals surface area contributed by atoms with E-state index in [4.69, 9.17) is 17.3 Å². The fraction of sp³-hybridized carbons (Fsp3) is 0.0476. The van der Waals surface area contributed by atoms with E-state index >= 15 is 0 Å². The number of aromatic nitrogens is 5. The van der Waals surface area contributed by atoms with E-state index in [1.54, 1.807) is 41.2 Å². The molecule has 0 spiro atoms. The summed E-state index contributed by atoms with van der Waals surface area (Å²) in [5.74, 6) is 0.341. The van der Waals surface area contributed by atoms with Crippen LogP contribution in [0.25, 0.3) is 33.5 Å². The van der Waals surface area contributed by atoms with E-state index in [1.807, 2.05) is 18.2 Å². The number of anilines is 1. The number of nitrogens with two attached hydrogens (primary N) is 1. The first-order chi connectivity index (χ1) is 14.1. The van der Waals surface area contributed by atoms with E-state index in [0.717, 1.165) is 5.39 Å². The number of pyridine rings is 1. The molecule has 0 unspecified atom stereocenters. The molecule has 2 N–H and O–H groups in total. The molecule has 0 radical (unpaired) electrons. The van der Waals surface area contributed by atoms with Gasteiger partial charge in [0, 0.05) is 11.8 Å². The Morgan fingerprint density at radius 3 is 2.72 bits per heavy atom. The molecule has 0 saturated carbocycles. The predicted octanol–water partition coefficient (Wildman–Crippen LogP) is 4.46. The van der Waals surface area contributed by atoms with Crippen LogP contribution in [0.1, 0.15) is 5.56 Å². The van der Waals surface area contributed by atoms with Gasteiger partial charge in [-0.2, -0.15) is 5.10 Å². The molecule has 3 heterocycles. The van der Waals surface area contributed by atoms with Crippen molar-refractivity contribution in [2.24, 2.45) is 0 Å². The van der Waals surface area contributed by atoms with Gasteiger partial charge in [0.1, 0.15) is 17.3 Å². The van der Waals surface area contributed by atoms with E-state index in [2.05, 4.69) is 20.1 Å². The van der Waals surface area contributed by atoms with Crippen LogP contribution >= 0.6 is 11.6 Å². The average molecular weight is 405 g/mol. The molecule has 3 aromatic heterocycles. The fourth-order valence-corrected chi connectivity index (χ4v) is 3.61. The van der Waals surface area contributed by atoms with Crippen molar-refractivity contribution in [2.45, 2.75) is 6.54 Å². The van der Waals surface area contributed by atoms with Gasteiger partial charge < -0.3 is 5.73 Å². The lowest BCUT2D eigenvalue weighted by molar-refractivity contribution is 0.589. The van der Waals surface area contributed by atoms with Crippen molar-refractivity contribution in [3.8, 4) is 11.5 Å². The summed E-state index contributed by atoms with van der Waals surface area (Å²) < 4.78 is 15.8. The monoisotopic (exact) mass is 404 g/mol. The smallest absolute Gasteiger partial charge is 0.183 e. The molecule has 8 heteroatoms. The molecule has 142 valence electrons. The van der Waals surface area contributed by atoms with Gasteiger partial charge in [-0.3, -0.25) is 0 Å². The highest BCUT2D eigenvalue weighted by molar-refractivity contribution is 6.36. The zero-order chi connectivity index (χ0) is 20.0. The predicted molar refractivity (Wildman–Crippen MR) is 111 cm³/mol. The molecule has 0 amide bonds. The van der Waals surface area contributed by atoms with Crippen LogP contribution in [0, 0.1) is 5.82 Å². The second-order valence-corrected chi connectivity index (χ2v) is 6.95. The third-order valence-electron chi connectivity index (χ3n) is 4.70. The van der Waals surface area contributed by atoms with Crippen LogP contribution in [0.15, 0.2) is 60.8 Å². The van der Waals surface area contributed by atoms with Crippen molar-refractivity contribution in [3.63, 3.8) is 0 Å². The van der Waals surface area contributed by atoms with Gasteiger partial charge in [0.25, 0.3) is 0 Å². The number of halogens is 2. The number of benzene rings is 2. The SMILES string of the molecule is Nc1nc(-c2nn(Cc3ccccc3F)c3ncccc23)nc2cccc(Cl)c12. The Bertz CT molecular complexity index is 1380. The van der Waals surface area contributed by atoms with E-state index in [9.17, 15) is 4.39 Å². The molecular weight excluding hydrogens is 391 g/mol. The topological polar surface area (TPSA) is 82.5 Å². The molecule has 0 atom stereocenters. The molecule has 5 aromatic rings. The first kappa shape index (κ1) is 17.5. The maximum Gasteiger partial charge on any atom is 0.183 e. The highest BCUT2D eigenvalue weighted by Gasteiger charge is 2.18. The van der Waals surface area contributed by atoms with Crippen LogP contribution in [0.2, 0.25) is 5.02 Å². The molecule has 0 saturated heterocycles. The first-order valence-electron chi connectivity index (χ1n) is 8.89. The summed E-state index contributed by atoms with van der Waals surface area (Å²) >= 11 is 6.24. The Morgan fingerprint density at radius 1 is 1.00 bits per heavy atom. The van der Waals surface area contributed by atoms with Gasteiger partial charge in [-0.05, 0) is 30.3 Å². The van der Waals surface area contributed by atoms with Crippen LogP contribution in [0.4, 0.5) is 10.2 Å². The standard InChI is InChI=1S/C21H14ClFN6/c22-14-7-3-9-16-17(14)19(24)27-20(26-16)18-13-6-4-10-25-21(13)29(28-18)11-12-5-1-2-8-15(12)23/h1-10H,11H2,(H2,24,26,27). The Labute approximate surface area is 169 Å². The van der Waals surface area contributed by atoms with E-state index < -0.39 is 0 Å². The summed E-state index contributed by atoms with van der Waals surface area (Å²) in [5.41, 5.74) is 8.43. The van der Waals surface area contributed by atoms with Crippen LogP contribution in [-0.2, 0) is 6.54 Å². The highest BCUT2D eigenvalue weighted by Crippen LogP contribution is 2.31. The van der Waals surface area contributed by atoms with Crippen LogP contribution in [0.3, 0.4) is 0 Å². The Morgan fingerprint density at radius 2 is 1.86 bits per heavy atom. The van der Waals surface area contributed by atoms with Gasteiger partial charge in [-0.1, -0.05) is 35.9 Å². The third kappa shape index (κ3) is 2.96. The van der Waals surface area contributed by atoms with Gasteiger partial charge in [-0.15, -0.1) is 0 Å². The molecule has 0 aliphatic rings. The Kier molecular flexibility index (Phi) is 4.10. The Balaban J connectivity index is 1.70. The van der Waals surface area contributed by atoms with Gasteiger partial charge in [0.15, 0.2) is 11.5 Å². The van der Waals surface area contributed by atoms with Crippen molar-refractivity contribution < 1.29 is 4.39 Å². The summed E-state index contributed by atoms with van der Waals surface area (Å²) in [6, 6.07) is 15.6. The minimum atomic E-state index is -0.297. The van der Waals surface area contributed by atoms with Gasteiger partial charge >= 0.3 is 0 Å². The zero-order valence-electron chi connectivity index (χ0n) is 15.0. The van der Waals surface area contributed by atoms with Crippen LogP contribution < -0.4 is 5.73 Å². The number of rotatable bonds is 3. The largest absolute Gasteiger partial charge is 0.383 e. The minimum Gasteiger partial charge on any atom is -0.383 e. The van der Waals surface area contributed by atoms with Crippen LogP contribution in [-0.4, -0.2) is 24.7 Å². The van der Waals surface area contributed by atoms with Crippen LogP contribution in [0.5, 0.6) is 0 Å². The molecule has 2 aromatic carbocycles. The number of nitrogens with zero attached hydrogens (tertiary/aromatic N) is 5. The molecule has 5 rings (SSSR count). The van der Waals surface area contributed by atoms with Crippen molar-refractivity contribution in [1.29, 1.82) is 0 Å². The molecule has 0 fully saturated rings. The second kappa shape index (κ2) is 6.79. The lowest BCUT2D eigenvalue weighted by Crippen LogP contribution is -2.05. The average Bonchev–Trinajstić information content (AvgIpc) is 3.08. The minimum absolute atomic E-state index is 0.231. The molecule has 0 bridgehead atoms. The number of fused-ring (bicyclic) bond motifs is 2. The maximum atomic E-state index is 14.2. The van der Waals surface area contributed by atoms with E-state index in [-0.39, 0.29) is 18.2 Å².